The van der Waals surface area contributed by atoms with Crippen molar-refractivity contribution in [2.45, 2.75) is 32.0 Å². The highest BCUT2D eigenvalue weighted by Crippen LogP contribution is 2.50. The van der Waals surface area contributed by atoms with Gasteiger partial charge in [0.25, 0.3) is 5.69 Å². The lowest BCUT2D eigenvalue weighted by Crippen LogP contribution is -2.48. The Morgan fingerprint density at radius 1 is 1.07 bits per heavy atom. The Kier molecular flexibility index (Phi) is 4.10. The van der Waals surface area contributed by atoms with Gasteiger partial charge in [-0.3, -0.25) is 10.1 Å². The standard InChI is InChI=1S/C24H21N3O3/c1-16-7-9-17(10-8-16)21-15-22-20-5-3-4-6-23(20)30-24(2,26(22)25-21)18-11-13-19(14-12-18)27(28)29/h3-14,22H,15H2,1-2H3/t22-,24+/m1/s1. The first-order chi connectivity index (χ1) is 14.5. The number of hydrogen-bond acceptors (Lipinski definition) is 5. The molecule has 0 unspecified atom stereocenters. The van der Waals surface area contributed by atoms with Crippen LogP contribution in [0.4, 0.5) is 5.69 Å². The third-order valence-electron chi connectivity index (χ3n) is 5.93. The van der Waals surface area contributed by atoms with Gasteiger partial charge >= 0.3 is 0 Å². The number of benzene rings is 3. The fourth-order valence-corrected chi connectivity index (χ4v) is 4.26. The molecule has 3 aromatic carbocycles. The summed E-state index contributed by atoms with van der Waals surface area (Å²) in [6, 6.07) is 23.0. The van der Waals surface area contributed by atoms with Crippen molar-refractivity contribution in [3.8, 4) is 5.75 Å². The van der Waals surface area contributed by atoms with Gasteiger partial charge in [-0.15, -0.1) is 0 Å². The van der Waals surface area contributed by atoms with E-state index in [0.29, 0.717) is 0 Å². The second-order valence-corrected chi connectivity index (χ2v) is 7.90. The third kappa shape index (κ3) is 2.84. The van der Waals surface area contributed by atoms with Gasteiger partial charge in [-0.25, -0.2) is 5.01 Å². The number of para-hydroxylation sites is 1. The zero-order chi connectivity index (χ0) is 20.9. The van der Waals surface area contributed by atoms with Crippen LogP contribution >= 0.6 is 0 Å². The lowest BCUT2D eigenvalue weighted by atomic mass is 9.92. The number of non-ortho nitro benzene ring substituents is 1. The Morgan fingerprint density at radius 3 is 2.47 bits per heavy atom. The summed E-state index contributed by atoms with van der Waals surface area (Å²) in [5.41, 5.74) is 4.41. The summed E-state index contributed by atoms with van der Waals surface area (Å²) in [5.74, 6) is 0.819. The molecule has 0 aromatic heterocycles. The highest BCUT2D eigenvalue weighted by molar-refractivity contribution is 6.02. The highest BCUT2D eigenvalue weighted by Gasteiger charge is 2.48. The Balaban J connectivity index is 1.61. The van der Waals surface area contributed by atoms with Gasteiger partial charge in [-0.1, -0.05) is 48.0 Å². The largest absolute Gasteiger partial charge is 0.462 e. The molecule has 150 valence electrons. The molecule has 2 atom stereocenters. The van der Waals surface area contributed by atoms with E-state index in [1.165, 1.54) is 17.7 Å². The van der Waals surface area contributed by atoms with E-state index in [1.54, 1.807) is 12.1 Å². The molecule has 0 saturated heterocycles. The van der Waals surface area contributed by atoms with Gasteiger partial charge in [0.2, 0.25) is 5.72 Å². The number of nitro benzene ring substituents is 1. The van der Waals surface area contributed by atoms with Crippen LogP contribution < -0.4 is 4.74 Å². The van der Waals surface area contributed by atoms with E-state index < -0.39 is 10.6 Å². The van der Waals surface area contributed by atoms with Crippen LogP contribution in [0.25, 0.3) is 0 Å². The van der Waals surface area contributed by atoms with E-state index in [1.807, 2.05) is 30.1 Å². The predicted molar refractivity (Wildman–Crippen MR) is 114 cm³/mol. The summed E-state index contributed by atoms with van der Waals surface area (Å²) in [5, 5.41) is 18.1. The third-order valence-corrected chi connectivity index (χ3v) is 5.93. The Bertz CT molecular complexity index is 1160. The van der Waals surface area contributed by atoms with Crippen molar-refractivity contribution < 1.29 is 9.66 Å². The highest BCUT2D eigenvalue weighted by atomic mass is 16.6. The minimum atomic E-state index is -0.874. The first-order valence-corrected chi connectivity index (χ1v) is 9.92. The van der Waals surface area contributed by atoms with E-state index in [-0.39, 0.29) is 11.7 Å². The van der Waals surface area contributed by atoms with Gasteiger partial charge in [-0.2, -0.15) is 5.10 Å². The average molecular weight is 399 g/mol. The van der Waals surface area contributed by atoms with E-state index in [2.05, 4.69) is 37.3 Å². The topological polar surface area (TPSA) is 68.0 Å². The molecule has 0 amide bonds. The molecule has 30 heavy (non-hydrogen) atoms. The summed E-state index contributed by atoms with van der Waals surface area (Å²) in [6.07, 6.45) is 0.770. The maximum Gasteiger partial charge on any atom is 0.269 e. The smallest absolute Gasteiger partial charge is 0.269 e. The number of nitrogens with zero attached hydrogens (tertiary/aromatic N) is 3. The summed E-state index contributed by atoms with van der Waals surface area (Å²) in [7, 11) is 0. The average Bonchev–Trinajstić information content (AvgIpc) is 3.21. The van der Waals surface area contributed by atoms with Crippen LogP contribution in [0.1, 0.15) is 41.6 Å². The number of hydrazone groups is 1. The molecule has 0 saturated carbocycles. The van der Waals surface area contributed by atoms with E-state index in [0.717, 1.165) is 34.6 Å². The molecule has 2 aliphatic heterocycles. The summed E-state index contributed by atoms with van der Waals surface area (Å²) in [4.78, 5) is 10.7. The molecule has 3 aromatic rings. The summed E-state index contributed by atoms with van der Waals surface area (Å²) < 4.78 is 6.47. The zero-order valence-electron chi connectivity index (χ0n) is 16.8. The minimum absolute atomic E-state index is 0.0337. The van der Waals surface area contributed by atoms with E-state index in [4.69, 9.17) is 9.84 Å². The first kappa shape index (κ1) is 18.4. The van der Waals surface area contributed by atoms with Crippen LogP contribution in [0.3, 0.4) is 0 Å². The quantitative estimate of drug-likeness (QED) is 0.442. The van der Waals surface area contributed by atoms with Crippen molar-refractivity contribution in [1.82, 2.24) is 5.01 Å². The van der Waals surface area contributed by atoms with Gasteiger partial charge in [0, 0.05) is 36.6 Å². The summed E-state index contributed by atoms with van der Waals surface area (Å²) in [6.45, 7) is 4.04. The predicted octanol–water partition coefficient (Wildman–Crippen LogP) is 5.32. The molecule has 0 fully saturated rings. The second kappa shape index (κ2) is 6.69. The number of nitro groups is 1. The van der Waals surface area contributed by atoms with Crippen LogP contribution in [0.15, 0.2) is 77.9 Å². The number of aryl methyl sites for hydroxylation is 1. The molecule has 0 spiro atoms. The first-order valence-electron chi connectivity index (χ1n) is 9.92. The maximum atomic E-state index is 11.1. The molecule has 0 aliphatic carbocycles. The molecular weight excluding hydrogens is 378 g/mol. The number of fused-ring (bicyclic) bond motifs is 3. The lowest BCUT2D eigenvalue weighted by molar-refractivity contribution is -0.384. The van der Waals surface area contributed by atoms with Gasteiger partial charge in [0.1, 0.15) is 5.75 Å². The van der Waals surface area contributed by atoms with Crippen molar-refractivity contribution in [3.63, 3.8) is 0 Å². The van der Waals surface area contributed by atoms with Crippen LogP contribution in [0, 0.1) is 17.0 Å². The lowest BCUT2D eigenvalue weighted by Gasteiger charge is -2.45. The van der Waals surface area contributed by atoms with Crippen molar-refractivity contribution in [1.29, 1.82) is 0 Å². The van der Waals surface area contributed by atoms with Crippen molar-refractivity contribution in [2.24, 2.45) is 5.10 Å². The molecule has 6 heteroatoms. The van der Waals surface area contributed by atoms with Gasteiger partial charge in [0.15, 0.2) is 0 Å². The Hall–Kier alpha value is -3.67. The molecular formula is C24H21N3O3. The zero-order valence-corrected chi connectivity index (χ0v) is 16.8. The molecule has 2 aliphatic rings. The Labute approximate surface area is 174 Å². The van der Waals surface area contributed by atoms with Gasteiger partial charge in [-0.05, 0) is 30.7 Å². The van der Waals surface area contributed by atoms with Crippen LogP contribution in [-0.4, -0.2) is 15.6 Å². The number of hydrogen-bond donors (Lipinski definition) is 0. The van der Waals surface area contributed by atoms with E-state index in [9.17, 15) is 10.1 Å². The second-order valence-electron chi connectivity index (χ2n) is 7.90. The summed E-state index contributed by atoms with van der Waals surface area (Å²) >= 11 is 0. The molecule has 6 nitrogen and oxygen atoms in total. The Morgan fingerprint density at radius 2 is 1.77 bits per heavy atom. The minimum Gasteiger partial charge on any atom is -0.462 e. The molecule has 0 radical (unpaired) electrons. The fourth-order valence-electron chi connectivity index (χ4n) is 4.26. The van der Waals surface area contributed by atoms with E-state index >= 15 is 0 Å². The van der Waals surface area contributed by atoms with Crippen molar-refractivity contribution >= 4 is 11.4 Å². The maximum absolute atomic E-state index is 11.1. The molecule has 2 heterocycles. The monoisotopic (exact) mass is 399 g/mol. The number of rotatable bonds is 3. The van der Waals surface area contributed by atoms with Crippen LogP contribution in [0.2, 0.25) is 0 Å². The van der Waals surface area contributed by atoms with Crippen LogP contribution in [0.5, 0.6) is 5.75 Å². The number of ether oxygens (including phenoxy) is 1. The molecule has 0 N–H and O–H groups in total. The normalized spacial score (nSPS) is 22.0. The fraction of sp³-hybridized carbons (Fsp3) is 0.208. The van der Waals surface area contributed by atoms with Crippen molar-refractivity contribution in [2.75, 3.05) is 0 Å². The molecule has 5 rings (SSSR count). The van der Waals surface area contributed by atoms with Gasteiger partial charge < -0.3 is 4.74 Å². The molecule has 0 bridgehead atoms. The SMILES string of the molecule is Cc1ccc(C2=NN3[C@H](C2)c2ccccc2O[C@@]3(C)c2ccc([N+](=O)[O-])cc2)cc1. The van der Waals surface area contributed by atoms with Crippen molar-refractivity contribution in [3.05, 3.63) is 105 Å². The van der Waals surface area contributed by atoms with Gasteiger partial charge in [0.05, 0.1) is 16.7 Å². The van der Waals surface area contributed by atoms with Crippen LogP contribution in [-0.2, 0) is 5.72 Å².